The Morgan fingerprint density at radius 2 is 1.52 bits per heavy atom. The third-order valence-electron chi connectivity index (χ3n) is 6.60. The van der Waals surface area contributed by atoms with E-state index in [4.69, 9.17) is 5.73 Å². The Morgan fingerprint density at radius 1 is 0.913 bits per heavy atom. The smallest absolute Gasteiger partial charge is 0.223 e. The van der Waals surface area contributed by atoms with Gasteiger partial charge in [-0.25, -0.2) is 0 Å². The van der Waals surface area contributed by atoms with Gasteiger partial charge in [-0.3, -0.25) is 4.79 Å². The van der Waals surface area contributed by atoms with E-state index in [1.54, 1.807) is 0 Å². The molecule has 2 saturated heterocycles. The van der Waals surface area contributed by atoms with E-state index in [1.807, 2.05) is 0 Å². The van der Waals surface area contributed by atoms with Gasteiger partial charge in [0.25, 0.3) is 0 Å². The van der Waals surface area contributed by atoms with Gasteiger partial charge in [-0.05, 0) is 63.6 Å². The Balaban J connectivity index is 1.47. The fourth-order valence-electron chi connectivity index (χ4n) is 4.95. The van der Waals surface area contributed by atoms with Gasteiger partial charge < -0.3 is 15.5 Å². The monoisotopic (exact) mass is 321 g/mol. The highest BCUT2D eigenvalue weighted by Crippen LogP contribution is 2.39. The SMILES string of the molecule is NCC1(CC(=O)N2CCC(N3CCCCC3)CC2)CCCCC1. The zero-order valence-corrected chi connectivity index (χ0v) is 14.8. The summed E-state index contributed by atoms with van der Waals surface area (Å²) in [4.78, 5) is 17.6. The van der Waals surface area contributed by atoms with Crippen molar-refractivity contribution in [2.75, 3.05) is 32.7 Å². The van der Waals surface area contributed by atoms with Gasteiger partial charge in [0, 0.05) is 25.6 Å². The molecule has 1 amide bonds. The Kier molecular flexibility index (Phi) is 5.97. The van der Waals surface area contributed by atoms with E-state index >= 15 is 0 Å². The molecule has 3 aliphatic rings. The maximum Gasteiger partial charge on any atom is 0.223 e. The molecule has 0 unspecified atom stereocenters. The molecule has 3 fully saturated rings. The molecule has 0 radical (unpaired) electrons. The van der Waals surface area contributed by atoms with Crippen LogP contribution in [0.3, 0.4) is 0 Å². The first-order valence-electron chi connectivity index (χ1n) is 9.94. The quantitative estimate of drug-likeness (QED) is 0.866. The molecule has 0 bridgehead atoms. The maximum atomic E-state index is 12.8. The second kappa shape index (κ2) is 7.98. The Morgan fingerprint density at radius 3 is 2.13 bits per heavy atom. The summed E-state index contributed by atoms with van der Waals surface area (Å²) in [5, 5.41) is 0. The summed E-state index contributed by atoms with van der Waals surface area (Å²) >= 11 is 0. The molecule has 132 valence electrons. The number of carbonyl (C=O) groups is 1. The Bertz CT molecular complexity index is 378. The topological polar surface area (TPSA) is 49.6 Å². The predicted molar refractivity (Wildman–Crippen MR) is 94.2 cm³/mol. The maximum absolute atomic E-state index is 12.8. The number of carbonyl (C=O) groups excluding carboxylic acids is 1. The van der Waals surface area contributed by atoms with Gasteiger partial charge in [0.05, 0.1) is 0 Å². The molecule has 2 N–H and O–H groups in total. The molecule has 0 spiro atoms. The summed E-state index contributed by atoms with van der Waals surface area (Å²) < 4.78 is 0. The predicted octanol–water partition coefficient (Wildman–Crippen LogP) is 2.76. The number of piperidine rings is 2. The van der Waals surface area contributed by atoms with Crippen molar-refractivity contribution in [2.24, 2.45) is 11.1 Å². The molecule has 0 aromatic carbocycles. The fourth-order valence-corrected chi connectivity index (χ4v) is 4.95. The molecule has 0 aromatic rings. The number of rotatable bonds is 4. The van der Waals surface area contributed by atoms with Crippen molar-refractivity contribution in [3.63, 3.8) is 0 Å². The van der Waals surface area contributed by atoms with Crippen LogP contribution in [-0.2, 0) is 4.79 Å². The van der Waals surface area contributed by atoms with E-state index in [1.165, 1.54) is 64.5 Å². The van der Waals surface area contributed by atoms with Crippen LogP contribution in [0.5, 0.6) is 0 Å². The van der Waals surface area contributed by atoms with Crippen molar-refractivity contribution in [1.29, 1.82) is 0 Å². The van der Waals surface area contributed by atoms with Crippen LogP contribution in [0.4, 0.5) is 0 Å². The first-order valence-corrected chi connectivity index (χ1v) is 9.94. The highest BCUT2D eigenvalue weighted by Gasteiger charge is 2.35. The van der Waals surface area contributed by atoms with Crippen LogP contribution in [0.15, 0.2) is 0 Å². The normalized spacial score (nSPS) is 27.1. The van der Waals surface area contributed by atoms with E-state index in [0.717, 1.165) is 32.0 Å². The summed E-state index contributed by atoms with van der Waals surface area (Å²) in [5.74, 6) is 0.370. The summed E-state index contributed by atoms with van der Waals surface area (Å²) in [7, 11) is 0. The number of hydrogen-bond donors (Lipinski definition) is 1. The number of nitrogens with zero attached hydrogens (tertiary/aromatic N) is 2. The molecule has 4 heteroatoms. The van der Waals surface area contributed by atoms with Crippen molar-refractivity contribution in [3.8, 4) is 0 Å². The van der Waals surface area contributed by atoms with Gasteiger partial charge in [-0.15, -0.1) is 0 Å². The van der Waals surface area contributed by atoms with Crippen molar-refractivity contribution in [3.05, 3.63) is 0 Å². The zero-order valence-electron chi connectivity index (χ0n) is 14.8. The van der Waals surface area contributed by atoms with E-state index in [9.17, 15) is 4.79 Å². The van der Waals surface area contributed by atoms with Crippen molar-refractivity contribution < 1.29 is 4.79 Å². The molecule has 2 aliphatic heterocycles. The zero-order chi connectivity index (χ0) is 16.1. The molecular formula is C19H35N3O. The van der Waals surface area contributed by atoms with Gasteiger partial charge in [0.15, 0.2) is 0 Å². The average Bonchev–Trinajstić information content (AvgIpc) is 2.63. The minimum absolute atomic E-state index is 0.110. The first kappa shape index (κ1) is 17.2. The number of hydrogen-bond acceptors (Lipinski definition) is 3. The molecular weight excluding hydrogens is 286 g/mol. The lowest BCUT2D eigenvalue weighted by atomic mass is 9.71. The third kappa shape index (κ3) is 4.27. The van der Waals surface area contributed by atoms with Crippen LogP contribution in [-0.4, -0.2) is 54.5 Å². The molecule has 4 nitrogen and oxygen atoms in total. The van der Waals surface area contributed by atoms with Crippen LogP contribution in [0.1, 0.15) is 70.6 Å². The lowest BCUT2D eigenvalue weighted by Gasteiger charge is -2.42. The van der Waals surface area contributed by atoms with Crippen LogP contribution in [0.2, 0.25) is 0 Å². The van der Waals surface area contributed by atoms with Gasteiger partial charge in [0.2, 0.25) is 5.91 Å². The standard InChI is InChI=1S/C19H35N3O/c20-16-19(9-3-1-4-10-19)15-18(23)22-13-7-17(8-14-22)21-11-5-2-6-12-21/h17H,1-16,20H2. The van der Waals surface area contributed by atoms with Crippen molar-refractivity contribution in [2.45, 2.75) is 76.7 Å². The minimum atomic E-state index is 0.110. The summed E-state index contributed by atoms with van der Waals surface area (Å²) in [5.41, 5.74) is 6.17. The summed E-state index contributed by atoms with van der Waals surface area (Å²) in [6.07, 6.45) is 13.3. The van der Waals surface area contributed by atoms with Crippen LogP contribution < -0.4 is 5.73 Å². The summed E-state index contributed by atoms with van der Waals surface area (Å²) in [6.45, 7) is 5.15. The first-order chi connectivity index (χ1) is 11.2. The lowest BCUT2D eigenvalue weighted by molar-refractivity contribution is -0.135. The van der Waals surface area contributed by atoms with E-state index in [-0.39, 0.29) is 5.41 Å². The van der Waals surface area contributed by atoms with Gasteiger partial charge in [-0.2, -0.15) is 0 Å². The molecule has 23 heavy (non-hydrogen) atoms. The van der Waals surface area contributed by atoms with E-state index in [2.05, 4.69) is 9.80 Å². The van der Waals surface area contributed by atoms with Gasteiger partial charge in [0.1, 0.15) is 0 Å². The van der Waals surface area contributed by atoms with Crippen molar-refractivity contribution in [1.82, 2.24) is 9.80 Å². The Hall–Kier alpha value is -0.610. The second-order valence-electron chi connectivity index (χ2n) is 8.15. The average molecular weight is 322 g/mol. The van der Waals surface area contributed by atoms with E-state index in [0.29, 0.717) is 18.9 Å². The van der Waals surface area contributed by atoms with Gasteiger partial charge >= 0.3 is 0 Å². The van der Waals surface area contributed by atoms with Crippen LogP contribution in [0, 0.1) is 5.41 Å². The second-order valence-corrected chi connectivity index (χ2v) is 8.15. The van der Waals surface area contributed by atoms with Crippen LogP contribution in [0.25, 0.3) is 0 Å². The lowest BCUT2D eigenvalue weighted by Crippen LogP contribution is -2.49. The number of amides is 1. The highest BCUT2D eigenvalue weighted by molar-refractivity contribution is 5.77. The summed E-state index contributed by atoms with van der Waals surface area (Å²) in [6, 6.07) is 0.720. The van der Waals surface area contributed by atoms with Crippen LogP contribution >= 0.6 is 0 Å². The largest absolute Gasteiger partial charge is 0.343 e. The Labute approximate surface area is 141 Å². The fraction of sp³-hybridized carbons (Fsp3) is 0.947. The molecule has 2 heterocycles. The molecule has 1 aliphatic carbocycles. The highest BCUT2D eigenvalue weighted by atomic mass is 16.2. The third-order valence-corrected chi connectivity index (χ3v) is 6.60. The molecule has 3 rings (SSSR count). The van der Waals surface area contributed by atoms with Crippen molar-refractivity contribution >= 4 is 5.91 Å². The molecule has 0 atom stereocenters. The minimum Gasteiger partial charge on any atom is -0.343 e. The number of likely N-dealkylation sites (tertiary alicyclic amines) is 2. The molecule has 0 aromatic heterocycles. The van der Waals surface area contributed by atoms with E-state index < -0.39 is 0 Å². The molecule has 1 saturated carbocycles. The number of nitrogens with two attached hydrogens (primary N) is 1. The van der Waals surface area contributed by atoms with Gasteiger partial charge in [-0.1, -0.05) is 25.7 Å².